The number of benzene rings is 5. The second kappa shape index (κ2) is 14.8. The van der Waals surface area contributed by atoms with E-state index in [0.717, 1.165) is 12.8 Å². The summed E-state index contributed by atoms with van der Waals surface area (Å²) in [5.74, 6) is 1.70. The van der Waals surface area contributed by atoms with Crippen molar-refractivity contribution in [2.45, 2.75) is 70.9 Å². The van der Waals surface area contributed by atoms with E-state index >= 15 is 0 Å². The lowest BCUT2D eigenvalue weighted by atomic mass is 9.74. The molecule has 2 heteroatoms. The molecule has 2 nitrogen and oxygen atoms in total. The van der Waals surface area contributed by atoms with Gasteiger partial charge in [-0.2, -0.15) is 0 Å². The van der Waals surface area contributed by atoms with Crippen LogP contribution < -0.4 is 9.80 Å². The Hall–Kier alpha value is -5.60. The first kappa shape index (κ1) is 36.1. The van der Waals surface area contributed by atoms with E-state index in [1.165, 1.54) is 61.7 Å². The third-order valence-electron chi connectivity index (χ3n) is 13.2. The van der Waals surface area contributed by atoms with Gasteiger partial charge in [0.2, 0.25) is 0 Å². The van der Waals surface area contributed by atoms with E-state index in [1.54, 1.807) is 0 Å². The number of fused-ring (bicyclic) bond motifs is 4. The largest absolute Gasteiger partial charge is 0.362 e. The monoisotopic (exact) mass is 730 g/mol. The number of hydrogen-bond acceptors (Lipinski definition) is 2. The molecule has 0 saturated carbocycles. The van der Waals surface area contributed by atoms with E-state index in [0.29, 0.717) is 29.7 Å². The first-order valence-electron chi connectivity index (χ1n) is 20.7. The van der Waals surface area contributed by atoms with Gasteiger partial charge in [0.05, 0.1) is 6.04 Å². The van der Waals surface area contributed by atoms with Crippen molar-refractivity contribution in [3.8, 4) is 0 Å². The molecule has 6 atom stereocenters. The third kappa shape index (κ3) is 6.49. The van der Waals surface area contributed by atoms with Gasteiger partial charge in [-0.05, 0) is 124 Å². The second-order valence-corrected chi connectivity index (χ2v) is 17.1. The Morgan fingerprint density at radius 1 is 0.661 bits per heavy atom. The summed E-state index contributed by atoms with van der Waals surface area (Å²) in [5.41, 5.74) is 14.6. The van der Waals surface area contributed by atoms with Crippen LogP contribution in [0.2, 0.25) is 0 Å². The maximum Gasteiger partial charge on any atom is 0.0539 e. The molecule has 0 fully saturated rings. The van der Waals surface area contributed by atoms with Gasteiger partial charge in [0, 0.05) is 34.7 Å². The van der Waals surface area contributed by atoms with Crippen molar-refractivity contribution in [1.82, 2.24) is 0 Å². The number of rotatable bonds is 6. The summed E-state index contributed by atoms with van der Waals surface area (Å²) in [6.07, 6.45) is 21.0. The Kier molecular flexibility index (Phi) is 9.54. The minimum Gasteiger partial charge on any atom is -0.362 e. The predicted octanol–water partition coefficient (Wildman–Crippen LogP) is 13.8. The summed E-state index contributed by atoms with van der Waals surface area (Å²) in [6.45, 7) is 12.1. The molecule has 1 heterocycles. The van der Waals surface area contributed by atoms with Crippen LogP contribution in [0.15, 0.2) is 176 Å². The third-order valence-corrected chi connectivity index (χ3v) is 13.2. The van der Waals surface area contributed by atoms with Gasteiger partial charge < -0.3 is 9.80 Å². The average Bonchev–Trinajstić information content (AvgIpc) is 3.48. The van der Waals surface area contributed by atoms with Crippen molar-refractivity contribution in [3.05, 3.63) is 204 Å². The van der Waals surface area contributed by atoms with Crippen LogP contribution in [0, 0.1) is 17.8 Å². The Morgan fingerprint density at radius 3 is 2.11 bits per heavy atom. The fourth-order valence-electron chi connectivity index (χ4n) is 10.3. The molecule has 280 valence electrons. The molecule has 0 saturated heterocycles. The van der Waals surface area contributed by atoms with Crippen LogP contribution in [-0.4, -0.2) is 12.1 Å². The van der Waals surface area contributed by atoms with Crippen LogP contribution in [0.4, 0.5) is 22.7 Å². The molecule has 0 bridgehead atoms. The van der Waals surface area contributed by atoms with E-state index in [9.17, 15) is 0 Å². The van der Waals surface area contributed by atoms with Crippen LogP contribution in [0.5, 0.6) is 0 Å². The Bertz CT molecular complexity index is 2360. The van der Waals surface area contributed by atoms with Crippen LogP contribution in [0.1, 0.15) is 74.8 Å². The minimum atomic E-state index is 0.0570. The van der Waals surface area contributed by atoms with Gasteiger partial charge in [0.15, 0.2) is 0 Å². The van der Waals surface area contributed by atoms with Crippen LogP contribution in [-0.2, 0) is 11.8 Å². The van der Waals surface area contributed by atoms with Crippen molar-refractivity contribution < 1.29 is 0 Å². The lowest BCUT2D eigenvalue weighted by molar-refractivity contribution is 0.394. The molecule has 9 rings (SSSR count). The number of nitrogens with zero attached hydrogens (tertiary/aromatic N) is 2. The SMILES string of the molecule is CC1CC(C)N(C2C=CC(c3ccccc3)=CC2C)c2ccccc2CC=C1c1ccc(N(c2ccccc2)c2ccc3c(c2)C(C)(C)C2C=CC=CC32)cc1. The topological polar surface area (TPSA) is 6.48 Å². The zero-order chi connectivity index (χ0) is 38.4. The highest BCUT2D eigenvalue weighted by Crippen LogP contribution is 2.54. The number of para-hydroxylation sites is 2. The number of hydrogen-bond donors (Lipinski definition) is 0. The molecule has 4 aliphatic rings. The summed E-state index contributed by atoms with van der Waals surface area (Å²) in [5, 5.41) is 0. The summed E-state index contributed by atoms with van der Waals surface area (Å²) < 4.78 is 0. The Labute approximate surface area is 334 Å². The highest BCUT2D eigenvalue weighted by Gasteiger charge is 2.44. The molecule has 6 unspecified atom stereocenters. The average molecular weight is 731 g/mol. The fraction of sp³-hybridized carbons (Fsp3) is 0.259. The molecule has 56 heavy (non-hydrogen) atoms. The van der Waals surface area contributed by atoms with Crippen molar-refractivity contribution in [3.63, 3.8) is 0 Å². The van der Waals surface area contributed by atoms with E-state index in [-0.39, 0.29) is 11.5 Å². The van der Waals surface area contributed by atoms with E-state index in [4.69, 9.17) is 0 Å². The zero-order valence-corrected chi connectivity index (χ0v) is 33.5. The molecule has 0 amide bonds. The standard InChI is InChI=1S/C54H54N2/c1-37-34-39(3)55(52-33-27-43(35-38(52)2)40-16-8-6-9-17-40)53-23-15-12-18-42(53)26-31-47(37)41-24-28-45(29-25-41)56(44-19-10-7-11-20-44)46-30-32-49-48-21-13-14-22-50(48)54(4,5)51(49)36-46/h6-25,27-33,35-39,48,50,52H,26,34H2,1-5H3. The molecule has 5 aromatic carbocycles. The molecule has 0 aromatic heterocycles. The first-order valence-corrected chi connectivity index (χ1v) is 20.7. The smallest absolute Gasteiger partial charge is 0.0539 e. The lowest BCUT2D eigenvalue weighted by Crippen LogP contribution is -2.45. The van der Waals surface area contributed by atoms with Crippen LogP contribution in [0.25, 0.3) is 11.1 Å². The maximum absolute atomic E-state index is 2.72. The first-order chi connectivity index (χ1) is 27.3. The van der Waals surface area contributed by atoms with Gasteiger partial charge in [0.1, 0.15) is 0 Å². The fourth-order valence-corrected chi connectivity index (χ4v) is 10.3. The Balaban J connectivity index is 1.02. The molecular formula is C54H54N2. The maximum atomic E-state index is 2.72. The second-order valence-electron chi connectivity index (χ2n) is 17.1. The van der Waals surface area contributed by atoms with Crippen molar-refractivity contribution in [2.75, 3.05) is 9.80 Å². The molecule has 3 aliphatic carbocycles. The molecule has 0 N–H and O–H groups in total. The quantitative estimate of drug-likeness (QED) is 0.172. The normalized spacial score (nSPS) is 24.8. The van der Waals surface area contributed by atoms with E-state index < -0.39 is 0 Å². The van der Waals surface area contributed by atoms with Crippen molar-refractivity contribution >= 4 is 33.9 Å². The van der Waals surface area contributed by atoms with E-state index in [1.807, 2.05) is 0 Å². The van der Waals surface area contributed by atoms with Crippen molar-refractivity contribution in [2.24, 2.45) is 17.8 Å². The van der Waals surface area contributed by atoms with Gasteiger partial charge in [-0.15, -0.1) is 0 Å². The van der Waals surface area contributed by atoms with Gasteiger partial charge in [-0.1, -0.05) is 161 Å². The summed E-state index contributed by atoms with van der Waals surface area (Å²) >= 11 is 0. The highest BCUT2D eigenvalue weighted by molar-refractivity contribution is 5.80. The van der Waals surface area contributed by atoms with Crippen molar-refractivity contribution in [1.29, 1.82) is 0 Å². The van der Waals surface area contributed by atoms with Crippen LogP contribution in [0.3, 0.4) is 0 Å². The lowest BCUT2D eigenvalue weighted by Gasteiger charge is -2.42. The molecule has 1 aliphatic heterocycles. The van der Waals surface area contributed by atoms with E-state index in [2.05, 4.69) is 220 Å². The molecule has 0 spiro atoms. The zero-order valence-electron chi connectivity index (χ0n) is 33.5. The minimum absolute atomic E-state index is 0.0570. The highest BCUT2D eigenvalue weighted by atomic mass is 15.2. The molecule has 5 aromatic rings. The molecular weight excluding hydrogens is 677 g/mol. The predicted molar refractivity (Wildman–Crippen MR) is 239 cm³/mol. The summed E-state index contributed by atoms with van der Waals surface area (Å²) in [6, 6.07) is 48.0. The summed E-state index contributed by atoms with van der Waals surface area (Å²) in [7, 11) is 0. The number of allylic oxidation sites excluding steroid dienone is 8. The summed E-state index contributed by atoms with van der Waals surface area (Å²) in [4.78, 5) is 5.16. The van der Waals surface area contributed by atoms with Gasteiger partial charge in [-0.3, -0.25) is 0 Å². The van der Waals surface area contributed by atoms with Gasteiger partial charge in [-0.25, -0.2) is 0 Å². The van der Waals surface area contributed by atoms with Gasteiger partial charge >= 0.3 is 0 Å². The molecule has 0 radical (unpaired) electrons. The van der Waals surface area contributed by atoms with Gasteiger partial charge in [0.25, 0.3) is 0 Å². The Morgan fingerprint density at radius 2 is 1.34 bits per heavy atom. The van der Waals surface area contributed by atoms with Crippen LogP contribution >= 0.6 is 0 Å². The number of anilines is 4.